The smallest absolute Gasteiger partial charge is 0.133 e. The molecule has 0 aliphatic carbocycles. The summed E-state index contributed by atoms with van der Waals surface area (Å²) in [4.78, 5) is 0. The van der Waals surface area contributed by atoms with Gasteiger partial charge in [-0.05, 0) is 34.1 Å². The molecule has 1 aromatic rings. The van der Waals surface area contributed by atoms with E-state index in [2.05, 4.69) is 15.9 Å². The number of benzene rings is 1. The van der Waals surface area contributed by atoms with Crippen LogP contribution >= 0.6 is 15.9 Å². The lowest BCUT2D eigenvalue weighted by Crippen LogP contribution is -1.95. The quantitative estimate of drug-likeness (QED) is 0.778. The lowest BCUT2D eigenvalue weighted by molar-refractivity contribution is 0.325. The third kappa shape index (κ3) is 2.93. The van der Waals surface area contributed by atoms with Gasteiger partial charge in [0.05, 0.1) is 24.1 Å². The second-order valence-electron chi connectivity index (χ2n) is 2.55. The van der Waals surface area contributed by atoms with Gasteiger partial charge in [0, 0.05) is 0 Å². The lowest BCUT2D eigenvalue weighted by Gasteiger charge is -2.06. The molecule has 0 heterocycles. The van der Waals surface area contributed by atoms with E-state index in [9.17, 15) is 0 Å². The van der Waals surface area contributed by atoms with Gasteiger partial charge in [0.1, 0.15) is 18.1 Å². The highest BCUT2D eigenvalue weighted by molar-refractivity contribution is 9.10. The molecule has 0 saturated carbocycles. The highest BCUT2D eigenvalue weighted by Gasteiger charge is 2.01. The van der Waals surface area contributed by atoms with Crippen molar-refractivity contribution in [3.63, 3.8) is 0 Å². The highest BCUT2D eigenvalue weighted by atomic mass is 79.9. The average molecular weight is 256 g/mol. The molecule has 0 saturated heterocycles. The third-order valence-corrected chi connectivity index (χ3v) is 2.23. The Bertz CT molecular complexity index is 346. The van der Waals surface area contributed by atoms with Crippen LogP contribution in [-0.4, -0.2) is 13.7 Å². The fourth-order valence-corrected chi connectivity index (χ4v) is 1.47. The first kappa shape index (κ1) is 10.9. The molecule has 0 aliphatic rings. The van der Waals surface area contributed by atoms with E-state index >= 15 is 0 Å². The Hall–Kier alpha value is -1.21. The minimum absolute atomic E-state index is 0.393. The van der Waals surface area contributed by atoms with Crippen LogP contribution in [0, 0.1) is 11.3 Å². The number of halogens is 1. The number of hydrogen-bond acceptors (Lipinski definition) is 3. The largest absolute Gasteiger partial charge is 0.496 e. The Balaban J connectivity index is 2.63. The van der Waals surface area contributed by atoms with Crippen molar-refractivity contribution in [3.05, 3.63) is 22.7 Å². The summed E-state index contributed by atoms with van der Waals surface area (Å²) in [6.45, 7) is 0.412. The van der Waals surface area contributed by atoms with Gasteiger partial charge >= 0.3 is 0 Å². The first-order valence-corrected chi connectivity index (χ1v) is 4.90. The molecular formula is C10H10BrNO2. The van der Waals surface area contributed by atoms with Gasteiger partial charge in [0.2, 0.25) is 0 Å². The summed E-state index contributed by atoms with van der Waals surface area (Å²) in [5, 5.41) is 8.32. The first-order valence-electron chi connectivity index (χ1n) is 4.11. The Morgan fingerprint density at radius 2 is 2.29 bits per heavy atom. The zero-order chi connectivity index (χ0) is 10.4. The van der Waals surface area contributed by atoms with E-state index in [1.54, 1.807) is 13.2 Å². The lowest BCUT2D eigenvalue weighted by atomic mass is 10.3. The summed E-state index contributed by atoms with van der Waals surface area (Å²) in [6.07, 6.45) is 0.393. The van der Waals surface area contributed by atoms with Crippen molar-refractivity contribution in [1.82, 2.24) is 0 Å². The molecule has 74 valence electrons. The van der Waals surface area contributed by atoms with E-state index in [1.165, 1.54) is 0 Å². The van der Waals surface area contributed by atoms with Crippen molar-refractivity contribution in [2.75, 3.05) is 13.7 Å². The predicted octanol–water partition coefficient (Wildman–Crippen LogP) is 2.75. The first-order chi connectivity index (χ1) is 6.77. The standard InChI is InChI=1S/C10H10BrNO2/c1-13-10-4-3-8(7-9(10)11)14-6-2-5-12/h3-4,7H,2,6H2,1H3. The molecule has 0 spiro atoms. The van der Waals surface area contributed by atoms with Crippen LogP contribution in [0.2, 0.25) is 0 Å². The Labute approximate surface area is 91.4 Å². The Kier molecular flexibility index (Phi) is 4.27. The number of rotatable bonds is 4. The molecule has 0 fully saturated rings. The maximum absolute atomic E-state index is 8.32. The topological polar surface area (TPSA) is 42.2 Å². The van der Waals surface area contributed by atoms with Crippen LogP contribution in [0.4, 0.5) is 0 Å². The van der Waals surface area contributed by atoms with Gasteiger partial charge in [-0.25, -0.2) is 0 Å². The average Bonchev–Trinajstić information content (AvgIpc) is 2.18. The maximum atomic E-state index is 8.32. The van der Waals surface area contributed by atoms with E-state index in [1.807, 2.05) is 18.2 Å². The summed E-state index contributed by atoms with van der Waals surface area (Å²) in [6, 6.07) is 7.45. The van der Waals surface area contributed by atoms with Gasteiger partial charge in [-0.1, -0.05) is 0 Å². The van der Waals surface area contributed by atoms with Crippen molar-refractivity contribution in [1.29, 1.82) is 5.26 Å². The van der Waals surface area contributed by atoms with Crippen LogP contribution in [0.1, 0.15) is 6.42 Å². The summed E-state index contributed by atoms with van der Waals surface area (Å²) in [5.41, 5.74) is 0. The Morgan fingerprint density at radius 1 is 1.50 bits per heavy atom. The molecule has 0 N–H and O–H groups in total. The van der Waals surface area contributed by atoms with Gasteiger partial charge in [0.25, 0.3) is 0 Å². The molecule has 0 aliphatic heterocycles. The zero-order valence-corrected chi connectivity index (χ0v) is 9.37. The Morgan fingerprint density at radius 3 is 2.86 bits per heavy atom. The molecule has 0 amide bonds. The molecule has 0 radical (unpaired) electrons. The molecule has 1 rings (SSSR count). The molecular weight excluding hydrogens is 246 g/mol. The molecule has 3 nitrogen and oxygen atoms in total. The fraction of sp³-hybridized carbons (Fsp3) is 0.300. The van der Waals surface area contributed by atoms with E-state index in [0.717, 1.165) is 16.0 Å². The van der Waals surface area contributed by atoms with Crippen LogP contribution in [0.5, 0.6) is 11.5 Å². The fourth-order valence-electron chi connectivity index (χ4n) is 0.951. The molecule has 0 bridgehead atoms. The normalized spacial score (nSPS) is 9.21. The number of ether oxygens (including phenoxy) is 2. The van der Waals surface area contributed by atoms with Crippen LogP contribution in [0.15, 0.2) is 22.7 Å². The monoisotopic (exact) mass is 255 g/mol. The minimum atomic E-state index is 0.393. The summed E-state index contributed by atoms with van der Waals surface area (Å²) in [5.74, 6) is 1.49. The minimum Gasteiger partial charge on any atom is -0.496 e. The van der Waals surface area contributed by atoms with Crippen LogP contribution in [-0.2, 0) is 0 Å². The van der Waals surface area contributed by atoms with Gasteiger partial charge in [-0.3, -0.25) is 0 Å². The van der Waals surface area contributed by atoms with Gasteiger partial charge in [0.15, 0.2) is 0 Å². The SMILES string of the molecule is COc1ccc(OCCC#N)cc1Br. The van der Waals surface area contributed by atoms with Crippen molar-refractivity contribution in [2.45, 2.75) is 6.42 Å². The molecule has 0 unspecified atom stereocenters. The van der Waals surface area contributed by atoms with Gasteiger partial charge in [-0.15, -0.1) is 0 Å². The van der Waals surface area contributed by atoms with Crippen LogP contribution in [0.25, 0.3) is 0 Å². The number of methoxy groups -OCH3 is 1. The molecule has 4 heteroatoms. The van der Waals surface area contributed by atoms with Gasteiger partial charge in [-0.2, -0.15) is 5.26 Å². The summed E-state index contributed by atoms with van der Waals surface area (Å²) >= 11 is 3.35. The van der Waals surface area contributed by atoms with E-state index < -0.39 is 0 Å². The van der Waals surface area contributed by atoms with Crippen LogP contribution in [0.3, 0.4) is 0 Å². The van der Waals surface area contributed by atoms with E-state index in [0.29, 0.717) is 13.0 Å². The number of nitrogens with zero attached hydrogens (tertiary/aromatic N) is 1. The van der Waals surface area contributed by atoms with Crippen molar-refractivity contribution in [3.8, 4) is 17.6 Å². The van der Waals surface area contributed by atoms with Crippen molar-refractivity contribution < 1.29 is 9.47 Å². The van der Waals surface area contributed by atoms with Crippen molar-refractivity contribution in [2.24, 2.45) is 0 Å². The molecule has 14 heavy (non-hydrogen) atoms. The van der Waals surface area contributed by atoms with Gasteiger partial charge < -0.3 is 9.47 Å². The molecule has 1 aromatic carbocycles. The number of hydrogen-bond donors (Lipinski definition) is 0. The summed E-state index contributed by atoms with van der Waals surface area (Å²) < 4.78 is 11.2. The predicted molar refractivity (Wildman–Crippen MR) is 56.4 cm³/mol. The second-order valence-corrected chi connectivity index (χ2v) is 3.41. The molecule has 0 aromatic heterocycles. The maximum Gasteiger partial charge on any atom is 0.133 e. The third-order valence-electron chi connectivity index (χ3n) is 1.61. The van der Waals surface area contributed by atoms with Crippen LogP contribution < -0.4 is 9.47 Å². The summed E-state index contributed by atoms with van der Waals surface area (Å²) in [7, 11) is 1.61. The second kappa shape index (κ2) is 5.51. The highest BCUT2D eigenvalue weighted by Crippen LogP contribution is 2.28. The van der Waals surface area contributed by atoms with Crippen molar-refractivity contribution >= 4 is 15.9 Å². The van der Waals surface area contributed by atoms with E-state index in [4.69, 9.17) is 14.7 Å². The zero-order valence-electron chi connectivity index (χ0n) is 7.79. The van der Waals surface area contributed by atoms with E-state index in [-0.39, 0.29) is 0 Å². The molecule has 0 atom stereocenters. The number of nitriles is 1.